The summed E-state index contributed by atoms with van der Waals surface area (Å²) in [6.07, 6.45) is 1.70. The Labute approximate surface area is 140 Å². The lowest BCUT2D eigenvalue weighted by Gasteiger charge is -2.01. The molecule has 2 aromatic heterocycles. The highest BCUT2D eigenvalue weighted by Crippen LogP contribution is 2.29. The van der Waals surface area contributed by atoms with E-state index in [0.29, 0.717) is 22.6 Å². The molecule has 0 radical (unpaired) electrons. The molecular formula is C15H13BrN4OS. The molecule has 2 heterocycles. The second-order valence-electron chi connectivity index (χ2n) is 4.56. The van der Waals surface area contributed by atoms with E-state index in [-0.39, 0.29) is 0 Å². The minimum Gasteiger partial charge on any atom is -0.415 e. The first kappa shape index (κ1) is 15.2. The average Bonchev–Trinajstić information content (AvgIpc) is 3.00. The van der Waals surface area contributed by atoms with Gasteiger partial charge < -0.3 is 4.42 Å². The smallest absolute Gasteiger partial charge is 0.267 e. The monoisotopic (exact) mass is 376 g/mol. The second-order valence-corrected chi connectivity index (χ2v) is 6.65. The van der Waals surface area contributed by atoms with Gasteiger partial charge in [-0.05, 0) is 40.7 Å². The van der Waals surface area contributed by atoms with Crippen LogP contribution in [0.3, 0.4) is 0 Å². The highest BCUT2D eigenvalue weighted by atomic mass is 79.9. The second kappa shape index (κ2) is 6.58. The summed E-state index contributed by atoms with van der Waals surface area (Å²) in [4.78, 5) is 8.71. The molecule has 0 fully saturated rings. The first-order valence-electron chi connectivity index (χ1n) is 6.73. The maximum absolute atomic E-state index is 5.76. The van der Waals surface area contributed by atoms with Crippen molar-refractivity contribution in [2.45, 2.75) is 19.0 Å². The van der Waals surface area contributed by atoms with Crippen molar-refractivity contribution in [1.82, 2.24) is 20.2 Å². The Morgan fingerprint density at radius 1 is 1.14 bits per heavy atom. The van der Waals surface area contributed by atoms with Crippen molar-refractivity contribution in [3.05, 3.63) is 40.5 Å². The van der Waals surface area contributed by atoms with Crippen LogP contribution in [0.25, 0.3) is 23.0 Å². The summed E-state index contributed by atoms with van der Waals surface area (Å²) < 4.78 is 6.49. The Kier molecular flexibility index (Phi) is 4.54. The lowest BCUT2D eigenvalue weighted by atomic mass is 10.1. The van der Waals surface area contributed by atoms with E-state index in [1.54, 1.807) is 18.0 Å². The van der Waals surface area contributed by atoms with Crippen LogP contribution in [0.15, 0.2) is 44.5 Å². The van der Waals surface area contributed by atoms with Gasteiger partial charge in [-0.1, -0.05) is 36.4 Å². The molecule has 3 rings (SSSR count). The Balaban J connectivity index is 1.96. The maximum Gasteiger partial charge on any atom is 0.267 e. The highest BCUT2D eigenvalue weighted by molar-refractivity contribution is 9.10. The van der Waals surface area contributed by atoms with E-state index in [0.717, 1.165) is 15.8 Å². The van der Waals surface area contributed by atoms with Gasteiger partial charge in [0.1, 0.15) is 5.69 Å². The van der Waals surface area contributed by atoms with E-state index in [1.807, 2.05) is 31.2 Å². The lowest BCUT2D eigenvalue weighted by Crippen LogP contribution is -1.92. The summed E-state index contributed by atoms with van der Waals surface area (Å²) in [5.41, 5.74) is 2.68. The highest BCUT2D eigenvalue weighted by Gasteiger charge is 2.16. The number of aryl methyl sites for hydroxylation is 1. The predicted octanol–water partition coefficient (Wildman–Crippen LogP) is 4.38. The Hall–Kier alpha value is -1.73. The Morgan fingerprint density at radius 3 is 2.59 bits per heavy atom. The quantitative estimate of drug-likeness (QED) is 0.497. The maximum atomic E-state index is 5.76. The zero-order valence-corrected chi connectivity index (χ0v) is 14.5. The van der Waals surface area contributed by atoms with Crippen molar-refractivity contribution in [3.8, 4) is 23.0 Å². The predicted molar refractivity (Wildman–Crippen MR) is 89.6 cm³/mol. The third kappa shape index (κ3) is 3.20. The molecular weight excluding hydrogens is 364 g/mol. The van der Waals surface area contributed by atoms with Crippen molar-refractivity contribution in [1.29, 1.82) is 0 Å². The molecule has 7 heteroatoms. The fraction of sp³-hybridized carbons (Fsp3) is 0.200. The summed E-state index contributed by atoms with van der Waals surface area (Å²) in [5, 5.41) is 8.90. The average molecular weight is 377 g/mol. The van der Waals surface area contributed by atoms with Crippen LogP contribution in [0.1, 0.15) is 12.5 Å². The molecule has 0 unspecified atom stereocenters. The molecule has 0 bridgehead atoms. The van der Waals surface area contributed by atoms with Gasteiger partial charge in [0.15, 0.2) is 5.16 Å². The van der Waals surface area contributed by atoms with Crippen LogP contribution >= 0.6 is 27.7 Å². The van der Waals surface area contributed by atoms with E-state index >= 15 is 0 Å². The number of benzene rings is 1. The third-order valence-corrected chi connectivity index (χ3v) is 4.25. The summed E-state index contributed by atoms with van der Waals surface area (Å²) in [6, 6.07) is 7.94. The molecule has 0 aliphatic carbocycles. The molecule has 0 N–H and O–H groups in total. The summed E-state index contributed by atoms with van der Waals surface area (Å²) in [6.45, 7) is 4.09. The van der Waals surface area contributed by atoms with E-state index in [9.17, 15) is 0 Å². The normalized spacial score (nSPS) is 10.9. The van der Waals surface area contributed by atoms with Gasteiger partial charge in [-0.15, -0.1) is 10.2 Å². The first-order chi connectivity index (χ1) is 10.7. The van der Waals surface area contributed by atoms with Crippen molar-refractivity contribution in [2.75, 3.05) is 5.75 Å². The number of hydrogen-bond acceptors (Lipinski definition) is 6. The van der Waals surface area contributed by atoms with E-state index in [4.69, 9.17) is 4.42 Å². The zero-order valence-electron chi connectivity index (χ0n) is 12.1. The van der Waals surface area contributed by atoms with Crippen molar-refractivity contribution < 1.29 is 4.42 Å². The van der Waals surface area contributed by atoms with Crippen LogP contribution in [0.5, 0.6) is 0 Å². The molecule has 0 aliphatic rings. The number of rotatable bonds is 4. The molecule has 5 nitrogen and oxygen atoms in total. The van der Waals surface area contributed by atoms with Crippen LogP contribution < -0.4 is 0 Å². The van der Waals surface area contributed by atoms with Crippen LogP contribution in [0.4, 0.5) is 0 Å². The van der Waals surface area contributed by atoms with Gasteiger partial charge in [0, 0.05) is 11.8 Å². The molecule has 0 saturated carbocycles. The van der Waals surface area contributed by atoms with Gasteiger partial charge >= 0.3 is 0 Å². The van der Waals surface area contributed by atoms with Crippen molar-refractivity contribution >= 4 is 27.7 Å². The number of hydrogen-bond donors (Lipinski definition) is 0. The largest absolute Gasteiger partial charge is 0.415 e. The molecule has 0 atom stereocenters. The molecule has 112 valence electrons. The fourth-order valence-corrected chi connectivity index (χ4v) is 2.73. The van der Waals surface area contributed by atoms with E-state index in [1.165, 1.54) is 5.56 Å². The number of aromatic nitrogens is 4. The molecule has 22 heavy (non-hydrogen) atoms. The van der Waals surface area contributed by atoms with Crippen LogP contribution in [-0.2, 0) is 0 Å². The van der Waals surface area contributed by atoms with Crippen LogP contribution in [-0.4, -0.2) is 25.9 Å². The molecule has 0 amide bonds. The Morgan fingerprint density at radius 2 is 1.86 bits per heavy atom. The number of nitrogens with zero attached hydrogens (tertiary/aromatic N) is 4. The zero-order chi connectivity index (χ0) is 15.5. The first-order valence-corrected chi connectivity index (χ1v) is 8.51. The summed E-state index contributed by atoms with van der Waals surface area (Å²) in [5.74, 6) is 1.76. The topological polar surface area (TPSA) is 64.7 Å². The Bertz CT molecular complexity index is 788. The number of thioether (sulfide) groups is 1. The molecule has 0 saturated heterocycles. The molecule has 0 aliphatic heterocycles. The summed E-state index contributed by atoms with van der Waals surface area (Å²) in [7, 11) is 0. The van der Waals surface area contributed by atoms with Gasteiger partial charge in [0.2, 0.25) is 5.89 Å². The standard InChI is InChI=1S/C15H13BrN4OS/c1-3-22-15-17-8-11(16)12(18-15)14-20-19-13(21-14)10-6-4-9(2)5-7-10/h4-8H,3H2,1-2H3. The van der Waals surface area contributed by atoms with Crippen LogP contribution in [0, 0.1) is 6.92 Å². The van der Waals surface area contributed by atoms with Crippen molar-refractivity contribution in [2.24, 2.45) is 0 Å². The number of halogens is 1. The van der Waals surface area contributed by atoms with E-state index < -0.39 is 0 Å². The van der Waals surface area contributed by atoms with Gasteiger partial charge in [0.05, 0.1) is 4.47 Å². The van der Waals surface area contributed by atoms with E-state index in [2.05, 4.69) is 43.0 Å². The van der Waals surface area contributed by atoms with Gasteiger partial charge in [0.25, 0.3) is 5.89 Å². The molecule has 0 spiro atoms. The summed E-state index contributed by atoms with van der Waals surface area (Å²) >= 11 is 5.00. The SMILES string of the molecule is CCSc1ncc(Br)c(-c2nnc(-c3ccc(C)cc3)o2)n1. The minimum atomic E-state index is 0.378. The minimum absolute atomic E-state index is 0.378. The third-order valence-electron chi connectivity index (χ3n) is 2.92. The fourth-order valence-electron chi connectivity index (χ4n) is 1.83. The van der Waals surface area contributed by atoms with Gasteiger partial charge in [-0.3, -0.25) is 0 Å². The lowest BCUT2D eigenvalue weighted by molar-refractivity contribution is 0.580. The van der Waals surface area contributed by atoms with Gasteiger partial charge in [-0.2, -0.15) is 0 Å². The van der Waals surface area contributed by atoms with Gasteiger partial charge in [-0.25, -0.2) is 9.97 Å². The molecule has 1 aromatic carbocycles. The van der Waals surface area contributed by atoms with Crippen LogP contribution in [0.2, 0.25) is 0 Å². The molecule has 3 aromatic rings. The van der Waals surface area contributed by atoms with Crippen molar-refractivity contribution in [3.63, 3.8) is 0 Å².